The number of aliphatic hydroxyl groups is 1. The maximum Gasteiger partial charge on any atom is 0.0604 e. The predicted octanol–water partition coefficient (Wildman–Crippen LogP) is 1.96. The summed E-state index contributed by atoms with van der Waals surface area (Å²) >= 11 is 0. The fourth-order valence-electron chi connectivity index (χ4n) is 1.98. The van der Waals surface area contributed by atoms with Crippen LogP contribution in [0.15, 0.2) is 0 Å². The van der Waals surface area contributed by atoms with Gasteiger partial charge in [-0.1, -0.05) is 13.3 Å². The number of rotatable bonds is 5. The first-order valence-corrected chi connectivity index (χ1v) is 5.11. The SMILES string of the molecule is CCC(CCCO)C1CCCO1. The molecule has 2 nitrogen and oxygen atoms in total. The fraction of sp³-hybridized carbons (Fsp3) is 1.00. The monoisotopic (exact) mass is 172 g/mol. The maximum absolute atomic E-state index is 8.71. The Morgan fingerprint density at radius 1 is 1.58 bits per heavy atom. The highest BCUT2D eigenvalue weighted by atomic mass is 16.5. The molecule has 12 heavy (non-hydrogen) atoms. The molecule has 1 aliphatic heterocycles. The Balaban J connectivity index is 2.22. The highest BCUT2D eigenvalue weighted by Gasteiger charge is 2.23. The Bertz CT molecular complexity index is 108. The van der Waals surface area contributed by atoms with Crippen molar-refractivity contribution in [1.82, 2.24) is 0 Å². The lowest BCUT2D eigenvalue weighted by molar-refractivity contribution is 0.0551. The van der Waals surface area contributed by atoms with Crippen molar-refractivity contribution in [2.24, 2.45) is 5.92 Å². The zero-order chi connectivity index (χ0) is 8.81. The van der Waals surface area contributed by atoms with Crippen molar-refractivity contribution in [3.8, 4) is 0 Å². The normalized spacial score (nSPS) is 26.0. The van der Waals surface area contributed by atoms with E-state index in [2.05, 4.69) is 6.92 Å². The lowest BCUT2D eigenvalue weighted by Crippen LogP contribution is -2.19. The van der Waals surface area contributed by atoms with Gasteiger partial charge in [-0.05, 0) is 31.6 Å². The van der Waals surface area contributed by atoms with E-state index >= 15 is 0 Å². The van der Waals surface area contributed by atoms with E-state index in [0.717, 1.165) is 19.4 Å². The second-order valence-corrected chi connectivity index (χ2v) is 3.59. The molecule has 0 aromatic heterocycles. The van der Waals surface area contributed by atoms with E-state index in [4.69, 9.17) is 9.84 Å². The summed E-state index contributed by atoms with van der Waals surface area (Å²) in [5, 5.41) is 8.71. The van der Waals surface area contributed by atoms with Crippen LogP contribution in [0.5, 0.6) is 0 Å². The molecule has 1 rings (SSSR count). The van der Waals surface area contributed by atoms with Crippen LogP contribution < -0.4 is 0 Å². The summed E-state index contributed by atoms with van der Waals surface area (Å²) in [5.41, 5.74) is 0. The number of aliphatic hydroxyl groups excluding tert-OH is 1. The van der Waals surface area contributed by atoms with Gasteiger partial charge in [0.1, 0.15) is 0 Å². The second-order valence-electron chi connectivity index (χ2n) is 3.59. The van der Waals surface area contributed by atoms with Gasteiger partial charge in [-0.2, -0.15) is 0 Å². The molecule has 0 radical (unpaired) electrons. The molecule has 1 fully saturated rings. The van der Waals surface area contributed by atoms with Crippen LogP contribution in [0.25, 0.3) is 0 Å². The predicted molar refractivity (Wildman–Crippen MR) is 49.1 cm³/mol. The Morgan fingerprint density at radius 3 is 2.92 bits per heavy atom. The first-order valence-electron chi connectivity index (χ1n) is 5.11. The molecule has 0 saturated carbocycles. The smallest absolute Gasteiger partial charge is 0.0604 e. The summed E-state index contributed by atoms with van der Waals surface area (Å²) in [6.45, 7) is 3.48. The third kappa shape index (κ3) is 2.76. The van der Waals surface area contributed by atoms with Gasteiger partial charge in [0.05, 0.1) is 6.10 Å². The lowest BCUT2D eigenvalue weighted by Gasteiger charge is -2.20. The van der Waals surface area contributed by atoms with Gasteiger partial charge < -0.3 is 9.84 Å². The van der Waals surface area contributed by atoms with Gasteiger partial charge in [0.25, 0.3) is 0 Å². The van der Waals surface area contributed by atoms with Crippen molar-refractivity contribution >= 4 is 0 Å². The first-order chi connectivity index (χ1) is 5.88. The van der Waals surface area contributed by atoms with Crippen LogP contribution in [0.4, 0.5) is 0 Å². The van der Waals surface area contributed by atoms with Crippen molar-refractivity contribution in [3.63, 3.8) is 0 Å². The van der Waals surface area contributed by atoms with E-state index in [0.29, 0.717) is 18.6 Å². The Hall–Kier alpha value is -0.0800. The minimum Gasteiger partial charge on any atom is -0.396 e. The second kappa shape index (κ2) is 5.55. The Kier molecular flexibility index (Phi) is 4.62. The van der Waals surface area contributed by atoms with E-state index in [1.807, 2.05) is 0 Å². The molecule has 2 atom stereocenters. The molecule has 0 spiro atoms. The fourth-order valence-corrected chi connectivity index (χ4v) is 1.98. The van der Waals surface area contributed by atoms with Gasteiger partial charge in [-0.15, -0.1) is 0 Å². The van der Waals surface area contributed by atoms with Crippen molar-refractivity contribution < 1.29 is 9.84 Å². The number of hydrogen-bond donors (Lipinski definition) is 1. The van der Waals surface area contributed by atoms with Crippen molar-refractivity contribution in [3.05, 3.63) is 0 Å². The standard InChI is InChI=1S/C10H20O2/c1-2-9(5-3-7-11)10-6-4-8-12-10/h9-11H,2-8H2,1H3. The average Bonchev–Trinajstić information content (AvgIpc) is 2.59. The van der Waals surface area contributed by atoms with Crippen LogP contribution in [0.3, 0.4) is 0 Å². The highest BCUT2D eigenvalue weighted by molar-refractivity contribution is 4.73. The molecule has 1 saturated heterocycles. The van der Waals surface area contributed by atoms with Gasteiger partial charge in [0.2, 0.25) is 0 Å². The van der Waals surface area contributed by atoms with Crippen molar-refractivity contribution in [2.45, 2.75) is 45.1 Å². The van der Waals surface area contributed by atoms with Crippen LogP contribution >= 0.6 is 0 Å². The quantitative estimate of drug-likeness (QED) is 0.687. The molecule has 0 amide bonds. The molecule has 2 heteroatoms. The third-order valence-corrected chi connectivity index (χ3v) is 2.75. The highest BCUT2D eigenvalue weighted by Crippen LogP contribution is 2.26. The Labute approximate surface area is 74.9 Å². The summed E-state index contributed by atoms with van der Waals surface area (Å²) in [6, 6.07) is 0. The zero-order valence-electron chi connectivity index (χ0n) is 7.96. The van der Waals surface area contributed by atoms with Crippen LogP contribution in [-0.2, 0) is 4.74 Å². The van der Waals surface area contributed by atoms with Crippen molar-refractivity contribution in [2.75, 3.05) is 13.2 Å². The molecule has 0 aromatic carbocycles. The molecule has 2 unspecified atom stereocenters. The van der Waals surface area contributed by atoms with Crippen molar-refractivity contribution in [1.29, 1.82) is 0 Å². The van der Waals surface area contributed by atoms with Crippen LogP contribution in [0.1, 0.15) is 39.0 Å². The molecule has 1 aliphatic rings. The van der Waals surface area contributed by atoms with Gasteiger partial charge in [-0.25, -0.2) is 0 Å². The van der Waals surface area contributed by atoms with Gasteiger partial charge >= 0.3 is 0 Å². The molecule has 0 aliphatic carbocycles. The lowest BCUT2D eigenvalue weighted by atomic mass is 9.92. The maximum atomic E-state index is 8.71. The summed E-state index contributed by atoms with van der Waals surface area (Å²) in [5.74, 6) is 0.680. The Morgan fingerprint density at radius 2 is 2.42 bits per heavy atom. The summed E-state index contributed by atoms with van der Waals surface area (Å²) in [4.78, 5) is 0. The molecular formula is C10H20O2. The molecule has 0 bridgehead atoms. The first kappa shape index (κ1) is 10.0. The third-order valence-electron chi connectivity index (χ3n) is 2.75. The largest absolute Gasteiger partial charge is 0.396 e. The molecular weight excluding hydrogens is 152 g/mol. The summed E-state index contributed by atoms with van der Waals surface area (Å²) in [7, 11) is 0. The van der Waals surface area contributed by atoms with Gasteiger partial charge in [-0.3, -0.25) is 0 Å². The van der Waals surface area contributed by atoms with Gasteiger partial charge in [0, 0.05) is 13.2 Å². The van der Waals surface area contributed by atoms with E-state index in [1.54, 1.807) is 0 Å². The van der Waals surface area contributed by atoms with E-state index < -0.39 is 0 Å². The molecule has 0 aromatic rings. The van der Waals surface area contributed by atoms with E-state index in [-0.39, 0.29) is 0 Å². The average molecular weight is 172 g/mol. The van der Waals surface area contributed by atoms with Gasteiger partial charge in [0.15, 0.2) is 0 Å². The molecule has 72 valence electrons. The topological polar surface area (TPSA) is 29.5 Å². The summed E-state index contributed by atoms with van der Waals surface area (Å²) < 4.78 is 5.62. The summed E-state index contributed by atoms with van der Waals surface area (Å²) in [6.07, 6.45) is 6.17. The van der Waals surface area contributed by atoms with Crippen LogP contribution in [0, 0.1) is 5.92 Å². The van der Waals surface area contributed by atoms with Crippen LogP contribution in [-0.4, -0.2) is 24.4 Å². The minimum absolute atomic E-state index is 0.323. The van der Waals surface area contributed by atoms with E-state index in [9.17, 15) is 0 Å². The number of hydrogen-bond acceptors (Lipinski definition) is 2. The minimum atomic E-state index is 0.323. The number of ether oxygens (including phenoxy) is 1. The zero-order valence-corrected chi connectivity index (χ0v) is 7.96. The van der Waals surface area contributed by atoms with Crippen LogP contribution in [0.2, 0.25) is 0 Å². The molecule has 1 N–H and O–H groups in total. The van der Waals surface area contributed by atoms with E-state index in [1.165, 1.54) is 19.3 Å². The molecule has 1 heterocycles.